The van der Waals surface area contributed by atoms with E-state index in [1.54, 1.807) is 6.92 Å². The Morgan fingerprint density at radius 2 is 1.92 bits per heavy atom. The maximum Gasteiger partial charge on any atom is 0.307 e. The molecule has 0 radical (unpaired) electrons. The molecule has 0 bridgehead atoms. The first-order chi connectivity index (χ1) is 5.95. The second-order valence-corrected chi connectivity index (χ2v) is 3.71. The molecule has 2 N–H and O–H groups in total. The zero-order valence-corrected chi connectivity index (χ0v) is 8.87. The van der Waals surface area contributed by atoms with Crippen molar-refractivity contribution in [3.05, 3.63) is 0 Å². The first-order valence-corrected chi connectivity index (χ1v) is 4.55. The van der Waals surface area contributed by atoms with Crippen molar-refractivity contribution >= 4 is 5.97 Å². The molecule has 0 saturated carbocycles. The number of aliphatic carboxylic acids is 1. The van der Waals surface area contributed by atoms with E-state index in [9.17, 15) is 4.79 Å². The lowest BCUT2D eigenvalue weighted by Crippen LogP contribution is -2.38. The van der Waals surface area contributed by atoms with Crippen molar-refractivity contribution in [1.82, 2.24) is 10.2 Å². The Balaban J connectivity index is 3.50. The number of hydrogen-bond acceptors (Lipinski definition) is 3. The molecule has 0 aromatic heterocycles. The maximum atomic E-state index is 10.5. The minimum atomic E-state index is -0.745. The van der Waals surface area contributed by atoms with E-state index in [0.29, 0.717) is 12.6 Å². The Labute approximate surface area is 79.9 Å². The molecule has 4 nitrogen and oxygen atoms in total. The number of carboxylic acid groups (broad SMARTS) is 1. The fourth-order valence-electron chi connectivity index (χ4n) is 0.779. The van der Waals surface area contributed by atoms with Gasteiger partial charge in [0.15, 0.2) is 0 Å². The Hall–Kier alpha value is -0.610. The van der Waals surface area contributed by atoms with E-state index in [-0.39, 0.29) is 5.92 Å². The highest BCUT2D eigenvalue weighted by atomic mass is 16.4. The number of nitrogens with zero attached hydrogens (tertiary/aromatic N) is 1. The van der Waals surface area contributed by atoms with Gasteiger partial charge in [-0.2, -0.15) is 0 Å². The number of carbonyl (C=O) groups is 1. The van der Waals surface area contributed by atoms with Gasteiger partial charge in [-0.3, -0.25) is 4.79 Å². The van der Waals surface area contributed by atoms with Crippen molar-refractivity contribution in [1.29, 1.82) is 0 Å². The van der Waals surface area contributed by atoms with Crippen LogP contribution in [0.5, 0.6) is 0 Å². The van der Waals surface area contributed by atoms with E-state index in [4.69, 9.17) is 5.11 Å². The molecule has 0 heterocycles. The lowest BCUT2D eigenvalue weighted by atomic mass is 10.2. The third-order valence-corrected chi connectivity index (χ3v) is 2.19. The fourth-order valence-corrected chi connectivity index (χ4v) is 0.779. The van der Waals surface area contributed by atoms with E-state index < -0.39 is 5.97 Å². The van der Waals surface area contributed by atoms with E-state index in [0.717, 1.165) is 6.54 Å². The van der Waals surface area contributed by atoms with Crippen molar-refractivity contribution in [3.8, 4) is 0 Å². The highest BCUT2D eigenvalue weighted by Crippen LogP contribution is 1.93. The molecule has 2 atom stereocenters. The third-order valence-electron chi connectivity index (χ3n) is 2.19. The van der Waals surface area contributed by atoms with Crippen LogP contribution in [-0.4, -0.2) is 49.2 Å². The van der Waals surface area contributed by atoms with Gasteiger partial charge in [-0.15, -0.1) is 0 Å². The summed E-state index contributed by atoms with van der Waals surface area (Å²) in [7, 11) is 4.01. The molecule has 0 aromatic carbocycles. The summed E-state index contributed by atoms with van der Waals surface area (Å²) in [6, 6.07) is 0.431. The predicted molar refractivity (Wildman–Crippen MR) is 52.8 cm³/mol. The standard InChI is InChI=1S/C9H20N2O2/c1-7(9(12)13)5-10-6-8(2)11(3)4/h7-8,10H,5-6H2,1-4H3,(H,12,13). The quantitative estimate of drug-likeness (QED) is 0.627. The molecular weight excluding hydrogens is 168 g/mol. The number of carboxylic acids is 1. The van der Waals surface area contributed by atoms with Crippen LogP contribution in [0.15, 0.2) is 0 Å². The van der Waals surface area contributed by atoms with Gasteiger partial charge < -0.3 is 15.3 Å². The molecule has 0 aliphatic rings. The van der Waals surface area contributed by atoms with Crippen molar-refractivity contribution < 1.29 is 9.90 Å². The second-order valence-electron chi connectivity index (χ2n) is 3.71. The molecular formula is C9H20N2O2. The van der Waals surface area contributed by atoms with Crippen molar-refractivity contribution in [3.63, 3.8) is 0 Å². The van der Waals surface area contributed by atoms with Crippen LogP contribution in [-0.2, 0) is 4.79 Å². The first kappa shape index (κ1) is 12.4. The lowest BCUT2D eigenvalue weighted by Gasteiger charge is -2.20. The number of rotatable bonds is 6. The van der Waals surface area contributed by atoms with E-state index in [1.165, 1.54) is 0 Å². The summed E-state index contributed by atoms with van der Waals surface area (Å²) >= 11 is 0. The minimum Gasteiger partial charge on any atom is -0.481 e. The van der Waals surface area contributed by atoms with Crippen LogP contribution < -0.4 is 5.32 Å². The number of hydrogen-bond donors (Lipinski definition) is 2. The normalized spacial score (nSPS) is 15.8. The van der Waals surface area contributed by atoms with Crippen LogP contribution in [0.1, 0.15) is 13.8 Å². The second kappa shape index (κ2) is 5.94. The summed E-state index contributed by atoms with van der Waals surface area (Å²) in [6.45, 7) is 5.16. The van der Waals surface area contributed by atoms with E-state index >= 15 is 0 Å². The summed E-state index contributed by atoms with van der Waals surface area (Å²) in [5, 5.41) is 11.7. The number of nitrogens with one attached hydrogen (secondary N) is 1. The molecule has 0 aliphatic heterocycles. The SMILES string of the molecule is CC(CNCC(C)N(C)C)C(=O)O. The van der Waals surface area contributed by atoms with Gasteiger partial charge in [-0.25, -0.2) is 0 Å². The Bertz CT molecular complexity index is 160. The minimum absolute atomic E-state index is 0.311. The van der Waals surface area contributed by atoms with E-state index in [2.05, 4.69) is 17.1 Å². The summed E-state index contributed by atoms with van der Waals surface area (Å²) in [5.74, 6) is -1.06. The van der Waals surface area contributed by atoms with Gasteiger partial charge >= 0.3 is 5.97 Å². The highest BCUT2D eigenvalue weighted by Gasteiger charge is 2.10. The predicted octanol–water partition coefficient (Wildman–Crippen LogP) is 0.247. The topological polar surface area (TPSA) is 52.6 Å². The monoisotopic (exact) mass is 188 g/mol. The molecule has 0 aliphatic carbocycles. The summed E-state index contributed by atoms with van der Waals surface area (Å²) < 4.78 is 0. The molecule has 0 aromatic rings. The molecule has 0 rings (SSSR count). The van der Waals surface area contributed by atoms with Crippen LogP contribution >= 0.6 is 0 Å². The Morgan fingerprint density at radius 1 is 1.38 bits per heavy atom. The smallest absolute Gasteiger partial charge is 0.307 e. The van der Waals surface area contributed by atoms with Gasteiger partial charge in [0.1, 0.15) is 0 Å². The van der Waals surface area contributed by atoms with Crippen LogP contribution in [0.3, 0.4) is 0 Å². The van der Waals surface area contributed by atoms with Gasteiger partial charge in [-0.1, -0.05) is 6.92 Å². The summed E-state index contributed by atoms with van der Waals surface area (Å²) in [4.78, 5) is 12.6. The first-order valence-electron chi connectivity index (χ1n) is 4.55. The summed E-state index contributed by atoms with van der Waals surface area (Å²) in [6.07, 6.45) is 0. The molecule has 2 unspecified atom stereocenters. The third kappa shape index (κ3) is 5.60. The van der Waals surface area contributed by atoms with Crippen molar-refractivity contribution in [2.24, 2.45) is 5.92 Å². The molecule has 0 fully saturated rings. The molecule has 78 valence electrons. The van der Waals surface area contributed by atoms with Crippen molar-refractivity contribution in [2.45, 2.75) is 19.9 Å². The van der Waals surface area contributed by atoms with Gasteiger partial charge in [0.2, 0.25) is 0 Å². The molecule has 0 saturated heterocycles. The fraction of sp³-hybridized carbons (Fsp3) is 0.889. The Morgan fingerprint density at radius 3 is 2.31 bits per heavy atom. The van der Waals surface area contributed by atoms with E-state index in [1.807, 2.05) is 14.1 Å². The lowest BCUT2D eigenvalue weighted by molar-refractivity contribution is -0.140. The van der Waals surface area contributed by atoms with Gasteiger partial charge in [0.05, 0.1) is 5.92 Å². The maximum absolute atomic E-state index is 10.5. The van der Waals surface area contributed by atoms with Crippen LogP contribution in [0, 0.1) is 5.92 Å². The zero-order valence-electron chi connectivity index (χ0n) is 8.87. The van der Waals surface area contributed by atoms with Gasteiger partial charge in [-0.05, 0) is 21.0 Å². The Kier molecular flexibility index (Phi) is 5.66. The van der Waals surface area contributed by atoms with Crippen molar-refractivity contribution in [2.75, 3.05) is 27.2 Å². The average Bonchev–Trinajstić information content (AvgIpc) is 2.03. The van der Waals surface area contributed by atoms with Gasteiger partial charge in [0, 0.05) is 19.1 Å². The zero-order chi connectivity index (χ0) is 10.4. The van der Waals surface area contributed by atoms with Gasteiger partial charge in [0.25, 0.3) is 0 Å². The molecule has 13 heavy (non-hydrogen) atoms. The summed E-state index contributed by atoms with van der Waals surface area (Å²) in [5.41, 5.74) is 0. The molecule has 0 amide bonds. The average molecular weight is 188 g/mol. The van der Waals surface area contributed by atoms with Crippen LogP contribution in [0.25, 0.3) is 0 Å². The van der Waals surface area contributed by atoms with Crippen LogP contribution in [0.2, 0.25) is 0 Å². The highest BCUT2D eigenvalue weighted by molar-refractivity contribution is 5.69. The largest absolute Gasteiger partial charge is 0.481 e. The number of likely N-dealkylation sites (N-methyl/N-ethyl adjacent to an activating group) is 1. The molecule has 0 spiro atoms. The molecule has 4 heteroatoms. The van der Waals surface area contributed by atoms with Crippen LogP contribution in [0.4, 0.5) is 0 Å².